The maximum absolute atomic E-state index is 13.1. The van der Waals surface area contributed by atoms with Gasteiger partial charge in [-0.25, -0.2) is 4.79 Å². The van der Waals surface area contributed by atoms with Crippen molar-refractivity contribution in [3.8, 4) is 11.5 Å². The van der Waals surface area contributed by atoms with E-state index in [0.717, 1.165) is 81.6 Å². The van der Waals surface area contributed by atoms with Crippen molar-refractivity contribution in [3.05, 3.63) is 106 Å². The Morgan fingerprint density at radius 3 is 2.52 bits per heavy atom. The Labute approximate surface area is 281 Å². The van der Waals surface area contributed by atoms with E-state index in [1.165, 1.54) is 12.1 Å². The third-order valence-corrected chi connectivity index (χ3v) is 9.56. The number of rotatable bonds is 15. The topological polar surface area (TPSA) is 136 Å². The Balaban J connectivity index is 0.927. The largest absolute Gasteiger partial charge is 0.506 e. The van der Waals surface area contributed by atoms with Gasteiger partial charge in [-0.05, 0) is 92.2 Å². The molecule has 4 heterocycles. The molecule has 2 bridgehead atoms. The highest BCUT2D eigenvalue weighted by Crippen LogP contribution is 2.31. The van der Waals surface area contributed by atoms with Gasteiger partial charge >= 0.3 is 6.09 Å². The monoisotopic (exact) mass is 654 g/mol. The van der Waals surface area contributed by atoms with E-state index in [2.05, 4.69) is 20.5 Å². The summed E-state index contributed by atoms with van der Waals surface area (Å²) in [5, 5.41) is 27.9. The molecule has 1 unspecified atom stereocenters. The van der Waals surface area contributed by atoms with E-state index in [-0.39, 0.29) is 29.5 Å². The highest BCUT2D eigenvalue weighted by molar-refractivity contribution is 5.87. The average molecular weight is 655 g/mol. The summed E-state index contributed by atoms with van der Waals surface area (Å²) in [7, 11) is 0. The van der Waals surface area contributed by atoms with Crippen molar-refractivity contribution in [1.82, 2.24) is 20.5 Å². The number of phenols is 1. The third-order valence-electron chi connectivity index (χ3n) is 9.56. The first-order chi connectivity index (χ1) is 23.4. The van der Waals surface area contributed by atoms with Crippen molar-refractivity contribution in [2.24, 2.45) is 5.92 Å². The number of pyridine rings is 1. The quantitative estimate of drug-likeness (QED) is 0.108. The lowest BCUT2D eigenvalue weighted by atomic mass is 9.86. The first kappa shape index (κ1) is 33.5. The number of carbonyl (C=O) groups excluding carboxylic acids is 1. The zero-order chi connectivity index (χ0) is 33.3. The van der Waals surface area contributed by atoms with Crippen molar-refractivity contribution in [1.29, 1.82) is 0 Å². The van der Waals surface area contributed by atoms with Gasteiger partial charge in [0.25, 0.3) is 0 Å². The normalized spacial score (nSPS) is 19.9. The Kier molecular flexibility index (Phi) is 11.3. The lowest BCUT2D eigenvalue weighted by molar-refractivity contribution is -0.0336. The van der Waals surface area contributed by atoms with Crippen LogP contribution >= 0.6 is 0 Å². The number of amides is 1. The van der Waals surface area contributed by atoms with Crippen LogP contribution in [0.25, 0.3) is 10.9 Å². The van der Waals surface area contributed by atoms with Crippen LogP contribution in [0.1, 0.15) is 67.4 Å². The van der Waals surface area contributed by atoms with E-state index in [9.17, 15) is 19.8 Å². The molecule has 3 saturated heterocycles. The summed E-state index contributed by atoms with van der Waals surface area (Å²) in [6.45, 7) is 4.75. The van der Waals surface area contributed by atoms with Crippen LogP contribution in [0.5, 0.6) is 11.5 Å². The second-order valence-electron chi connectivity index (χ2n) is 12.9. The number of unbranched alkanes of at least 4 members (excludes halogenated alkanes) is 3. The first-order valence-corrected chi connectivity index (χ1v) is 17.2. The molecular weight excluding hydrogens is 608 g/mol. The number of nitrogens with one attached hydrogen (secondary N) is 3. The summed E-state index contributed by atoms with van der Waals surface area (Å²) in [4.78, 5) is 29.8. The van der Waals surface area contributed by atoms with Crippen molar-refractivity contribution in [3.63, 3.8) is 0 Å². The molecule has 0 aliphatic carbocycles. The molecular formula is C38H46N4O6. The summed E-state index contributed by atoms with van der Waals surface area (Å²) in [5.41, 5.74) is 2.60. The van der Waals surface area contributed by atoms with Gasteiger partial charge in [0.15, 0.2) is 0 Å². The molecule has 3 aliphatic heterocycles. The van der Waals surface area contributed by atoms with Gasteiger partial charge in [0.05, 0.1) is 24.3 Å². The fraction of sp³-hybridized carbons (Fsp3) is 0.421. The van der Waals surface area contributed by atoms with Crippen molar-refractivity contribution >= 4 is 17.0 Å². The van der Waals surface area contributed by atoms with Gasteiger partial charge in [0, 0.05) is 24.5 Å². The minimum Gasteiger partial charge on any atom is -0.506 e. The minimum absolute atomic E-state index is 0.0201. The molecule has 1 aromatic heterocycles. The SMILES string of the molecule is O=C(NC(c1ccccc1)c1cccc(OCCCCCCNC[C@H](O)c2ccc(O)c3[nH]c(=O)ccc23)c1)O[C@H]1CN2CCC1CC2. The molecule has 7 rings (SSSR count). The number of nitrogens with zero attached hydrogens (tertiary/aromatic N) is 1. The predicted octanol–water partition coefficient (Wildman–Crippen LogP) is 5.41. The molecule has 48 heavy (non-hydrogen) atoms. The summed E-state index contributed by atoms with van der Waals surface area (Å²) in [5.74, 6) is 1.19. The molecule has 4 aromatic rings. The van der Waals surface area contributed by atoms with Gasteiger partial charge in [0.1, 0.15) is 17.6 Å². The molecule has 10 nitrogen and oxygen atoms in total. The van der Waals surface area contributed by atoms with Crippen LogP contribution in [0.4, 0.5) is 4.79 Å². The van der Waals surface area contributed by atoms with E-state index in [4.69, 9.17) is 9.47 Å². The molecule has 0 radical (unpaired) electrons. The van der Waals surface area contributed by atoms with Crippen molar-refractivity contribution < 1.29 is 24.5 Å². The highest BCUT2D eigenvalue weighted by Gasteiger charge is 2.37. The number of hydrogen-bond acceptors (Lipinski definition) is 8. The number of aromatic amines is 1. The van der Waals surface area contributed by atoms with E-state index >= 15 is 0 Å². The molecule has 0 spiro atoms. The number of fused-ring (bicyclic) bond motifs is 4. The lowest BCUT2D eigenvalue weighted by Gasteiger charge is -2.43. The van der Waals surface area contributed by atoms with Gasteiger partial charge in [-0.3, -0.25) is 9.69 Å². The van der Waals surface area contributed by atoms with Crippen molar-refractivity contribution in [2.75, 3.05) is 39.3 Å². The van der Waals surface area contributed by atoms with Gasteiger partial charge in [-0.1, -0.05) is 61.4 Å². The van der Waals surface area contributed by atoms with Crippen LogP contribution < -0.4 is 20.9 Å². The molecule has 0 saturated carbocycles. The molecule has 3 fully saturated rings. The van der Waals surface area contributed by atoms with E-state index < -0.39 is 6.10 Å². The van der Waals surface area contributed by atoms with Crippen LogP contribution in [-0.2, 0) is 4.74 Å². The summed E-state index contributed by atoms with van der Waals surface area (Å²) in [6, 6.07) is 23.7. The second-order valence-corrected chi connectivity index (χ2v) is 12.9. The fourth-order valence-corrected chi connectivity index (χ4v) is 6.92. The molecule has 5 N–H and O–H groups in total. The number of aliphatic hydroxyl groups excluding tert-OH is 1. The van der Waals surface area contributed by atoms with Crippen molar-refractivity contribution in [2.45, 2.75) is 56.8 Å². The number of phenolic OH excluding ortho intramolecular Hbond substituents is 1. The van der Waals surface area contributed by atoms with Crippen LogP contribution in [0.3, 0.4) is 0 Å². The highest BCUT2D eigenvalue weighted by atomic mass is 16.6. The summed E-state index contributed by atoms with van der Waals surface area (Å²) >= 11 is 0. The van der Waals surface area contributed by atoms with E-state index in [1.807, 2.05) is 54.6 Å². The number of aliphatic hydroxyl groups is 1. The number of ether oxygens (including phenoxy) is 2. The number of benzene rings is 3. The molecule has 3 aliphatic rings. The number of hydrogen-bond donors (Lipinski definition) is 5. The van der Waals surface area contributed by atoms with Crippen LogP contribution in [0, 0.1) is 5.92 Å². The Hall–Kier alpha value is -4.38. The molecule has 10 heteroatoms. The van der Waals surface area contributed by atoms with Gasteiger partial charge in [0.2, 0.25) is 5.56 Å². The third kappa shape index (κ3) is 8.55. The fourth-order valence-electron chi connectivity index (χ4n) is 6.92. The van der Waals surface area contributed by atoms with Gasteiger partial charge in [-0.2, -0.15) is 0 Å². The zero-order valence-corrected chi connectivity index (χ0v) is 27.3. The maximum Gasteiger partial charge on any atom is 0.408 e. The average Bonchev–Trinajstić information content (AvgIpc) is 3.11. The molecule has 3 atom stereocenters. The summed E-state index contributed by atoms with van der Waals surface area (Å²) in [6.07, 6.45) is 4.89. The van der Waals surface area contributed by atoms with Crippen LogP contribution in [-0.4, -0.2) is 71.6 Å². The minimum atomic E-state index is -0.768. The summed E-state index contributed by atoms with van der Waals surface area (Å²) < 4.78 is 12.1. The maximum atomic E-state index is 13.1. The molecule has 1 amide bonds. The second kappa shape index (κ2) is 16.1. The number of aromatic nitrogens is 1. The lowest BCUT2D eigenvalue weighted by Crippen LogP contribution is -2.52. The molecule has 254 valence electrons. The first-order valence-electron chi connectivity index (χ1n) is 17.2. The zero-order valence-electron chi connectivity index (χ0n) is 27.3. The van der Waals surface area contributed by atoms with E-state index in [1.54, 1.807) is 12.1 Å². The number of alkyl carbamates (subject to hydrolysis) is 1. The van der Waals surface area contributed by atoms with Gasteiger partial charge in [-0.15, -0.1) is 0 Å². The number of piperidine rings is 3. The molecule has 3 aromatic carbocycles. The Bertz CT molecular complexity index is 1700. The Morgan fingerprint density at radius 1 is 0.938 bits per heavy atom. The number of aromatic hydroxyl groups is 1. The number of carbonyl (C=O) groups is 1. The Morgan fingerprint density at radius 2 is 1.73 bits per heavy atom. The smallest absolute Gasteiger partial charge is 0.408 e. The predicted molar refractivity (Wildman–Crippen MR) is 185 cm³/mol. The van der Waals surface area contributed by atoms with Gasteiger partial charge < -0.3 is 35.3 Å². The van der Waals surface area contributed by atoms with E-state index in [0.29, 0.717) is 35.5 Å². The van der Waals surface area contributed by atoms with Crippen LogP contribution in [0.2, 0.25) is 0 Å². The number of H-pyrrole nitrogens is 1. The standard InChI is InChI=1S/C38H46N4O6/c43-32-15-13-30(31-14-16-35(45)40-37(31)32)33(44)24-39-19-6-1-2-7-22-47-29-12-8-11-28(23-29)36(27-9-4-3-5-10-27)41-38(46)48-34-25-42-20-17-26(34)18-21-42/h3-5,8-16,23,26,33-34,36,39,43-44H,1-2,6-7,17-22,24-25H2,(H,40,45)(H,41,46)/t33-,34-,36?/m0/s1. The van der Waals surface area contributed by atoms with Crippen LogP contribution in [0.15, 0.2) is 83.7 Å².